The van der Waals surface area contributed by atoms with E-state index in [4.69, 9.17) is 5.26 Å². The minimum absolute atomic E-state index is 0.202. The Morgan fingerprint density at radius 3 is 3.05 bits per heavy atom. The molecule has 0 spiro atoms. The SMILES string of the molecule is CCNCc1cn(CC2(CC#N)CC2)c2ncccc12. The lowest BCUT2D eigenvalue weighted by Gasteiger charge is -2.12. The smallest absolute Gasteiger partial charge is 0.140 e. The first-order valence-electron chi connectivity index (χ1n) is 7.28. The van der Waals surface area contributed by atoms with Crippen molar-refractivity contribution in [2.45, 2.75) is 39.3 Å². The zero-order valence-corrected chi connectivity index (χ0v) is 11.9. The lowest BCUT2D eigenvalue weighted by Crippen LogP contribution is -2.12. The van der Waals surface area contributed by atoms with Gasteiger partial charge in [-0.05, 0) is 37.1 Å². The van der Waals surface area contributed by atoms with Crippen LogP contribution in [0.1, 0.15) is 31.7 Å². The van der Waals surface area contributed by atoms with E-state index in [2.05, 4.69) is 40.1 Å². The largest absolute Gasteiger partial charge is 0.332 e. The van der Waals surface area contributed by atoms with Gasteiger partial charge in [0, 0.05) is 42.7 Å². The number of hydrogen-bond acceptors (Lipinski definition) is 3. The van der Waals surface area contributed by atoms with Gasteiger partial charge in [-0.3, -0.25) is 0 Å². The second-order valence-corrected chi connectivity index (χ2v) is 5.77. The van der Waals surface area contributed by atoms with Gasteiger partial charge in [-0.1, -0.05) is 6.92 Å². The molecule has 0 saturated heterocycles. The van der Waals surface area contributed by atoms with E-state index in [0.717, 1.165) is 38.1 Å². The van der Waals surface area contributed by atoms with Crippen molar-refractivity contribution in [2.75, 3.05) is 6.54 Å². The number of nitriles is 1. The van der Waals surface area contributed by atoms with Gasteiger partial charge in [-0.25, -0.2) is 4.98 Å². The molecule has 1 fully saturated rings. The first-order chi connectivity index (χ1) is 9.78. The summed E-state index contributed by atoms with van der Waals surface area (Å²) in [7, 11) is 0. The highest BCUT2D eigenvalue weighted by Gasteiger charge is 2.43. The number of nitrogens with zero attached hydrogens (tertiary/aromatic N) is 3. The maximum Gasteiger partial charge on any atom is 0.140 e. The maximum absolute atomic E-state index is 8.97. The molecule has 20 heavy (non-hydrogen) atoms. The Labute approximate surface area is 119 Å². The van der Waals surface area contributed by atoms with Crippen LogP contribution in [0.4, 0.5) is 0 Å². The molecule has 2 aromatic heterocycles. The third-order valence-electron chi connectivity index (χ3n) is 4.20. The van der Waals surface area contributed by atoms with Gasteiger partial charge in [0.1, 0.15) is 5.65 Å². The molecule has 0 amide bonds. The Balaban J connectivity index is 1.93. The van der Waals surface area contributed by atoms with Gasteiger partial charge in [-0.15, -0.1) is 0 Å². The highest BCUT2D eigenvalue weighted by atomic mass is 15.0. The zero-order chi connectivity index (χ0) is 14.0. The number of pyridine rings is 1. The predicted octanol–water partition coefficient (Wildman–Crippen LogP) is 2.84. The number of rotatable bonds is 6. The first kappa shape index (κ1) is 13.1. The van der Waals surface area contributed by atoms with Crippen molar-refractivity contribution in [3.05, 3.63) is 30.1 Å². The second kappa shape index (κ2) is 5.26. The van der Waals surface area contributed by atoms with Crippen molar-refractivity contribution >= 4 is 11.0 Å². The van der Waals surface area contributed by atoms with Crippen LogP contribution in [-0.4, -0.2) is 16.1 Å². The summed E-state index contributed by atoms with van der Waals surface area (Å²) in [4.78, 5) is 4.53. The van der Waals surface area contributed by atoms with Crippen molar-refractivity contribution in [1.29, 1.82) is 5.26 Å². The van der Waals surface area contributed by atoms with Crippen LogP contribution in [0.3, 0.4) is 0 Å². The molecule has 0 atom stereocenters. The standard InChI is InChI=1S/C16H20N4/c1-2-18-10-13-11-20(12-16(5-6-16)7-8-17)15-14(13)4-3-9-19-15/h3-4,9,11,18H,2,5-7,10,12H2,1H3. The Morgan fingerprint density at radius 2 is 2.35 bits per heavy atom. The topological polar surface area (TPSA) is 53.6 Å². The Kier molecular flexibility index (Phi) is 3.45. The molecule has 1 saturated carbocycles. The predicted molar refractivity (Wildman–Crippen MR) is 79.0 cm³/mol. The van der Waals surface area contributed by atoms with Gasteiger partial charge in [0.25, 0.3) is 0 Å². The van der Waals surface area contributed by atoms with E-state index >= 15 is 0 Å². The Morgan fingerprint density at radius 1 is 1.50 bits per heavy atom. The molecule has 0 unspecified atom stereocenters. The van der Waals surface area contributed by atoms with Crippen LogP contribution in [0.2, 0.25) is 0 Å². The lowest BCUT2D eigenvalue weighted by molar-refractivity contribution is 0.437. The van der Waals surface area contributed by atoms with E-state index in [1.165, 1.54) is 10.9 Å². The van der Waals surface area contributed by atoms with Gasteiger partial charge in [0.05, 0.1) is 6.07 Å². The monoisotopic (exact) mass is 268 g/mol. The summed E-state index contributed by atoms with van der Waals surface area (Å²) in [5, 5.41) is 13.6. The van der Waals surface area contributed by atoms with E-state index in [1.54, 1.807) is 0 Å². The zero-order valence-electron chi connectivity index (χ0n) is 11.9. The molecule has 4 nitrogen and oxygen atoms in total. The molecule has 1 aliphatic rings. The summed E-state index contributed by atoms with van der Waals surface area (Å²) in [6, 6.07) is 6.46. The summed E-state index contributed by atoms with van der Waals surface area (Å²) in [6.45, 7) is 4.87. The molecule has 2 heterocycles. The van der Waals surface area contributed by atoms with Crippen molar-refractivity contribution in [2.24, 2.45) is 5.41 Å². The molecule has 0 aliphatic heterocycles. The molecule has 4 heteroatoms. The average molecular weight is 268 g/mol. The van der Waals surface area contributed by atoms with E-state index in [9.17, 15) is 0 Å². The summed E-state index contributed by atoms with van der Waals surface area (Å²) in [5.74, 6) is 0. The third-order valence-corrected chi connectivity index (χ3v) is 4.20. The summed E-state index contributed by atoms with van der Waals surface area (Å²) in [6.07, 6.45) is 7.03. The average Bonchev–Trinajstić information content (AvgIpc) is 3.13. The molecule has 0 aromatic carbocycles. The quantitative estimate of drug-likeness (QED) is 0.876. The Hall–Kier alpha value is -1.86. The number of hydrogen-bond donors (Lipinski definition) is 1. The molecule has 3 rings (SSSR count). The summed E-state index contributed by atoms with van der Waals surface area (Å²) >= 11 is 0. The lowest BCUT2D eigenvalue weighted by atomic mass is 10.0. The molecular formula is C16H20N4. The van der Waals surface area contributed by atoms with Gasteiger partial charge in [-0.2, -0.15) is 5.26 Å². The highest BCUT2D eigenvalue weighted by molar-refractivity contribution is 5.80. The van der Waals surface area contributed by atoms with Gasteiger partial charge in [0.15, 0.2) is 0 Å². The van der Waals surface area contributed by atoms with Crippen molar-refractivity contribution in [3.8, 4) is 6.07 Å². The molecule has 2 aromatic rings. The highest BCUT2D eigenvalue weighted by Crippen LogP contribution is 2.50. The number of aromatic nitrogens is 2. The van der Waals surface area contributed by atoms with Crippen LogP contribution < -0.4 is 5.32 Å². The molecule has 0 radical (unpaired) electrons. The van der Waals surface area contributed by atoms with Gasteiger partial charge < -0.3 is 9.88 Å². The van der Waals surface area contributed by atoms with Crippen molar-refractivity contribution < 1.29 is 0 Å². The molecule has 1 aliphatic carbocycles. The van der Waals surface area contributed by atoms with E-state index < -0.39 is 0 Å². The fourth-order valence-electron chi connectivity index (χ4n) is 2.81. The fraction of sp³-hybridized carbons (Fsp3) is 0.500. The number of fused-ring (bicyclic) bond motifs is 1. The minimum Gasteiger partial charge on any atom is -0.332 e. The van der Waals surface area contributed by atoms with Gasteiger partial charge in [0.2, 0.25) is 0 Å². The third kappa shape index (κ3) is 2.41. The summed E-state index contributed by atoms with van der Waals surface area (Å²) in [5.41, 5.74) is 2.54. The number of nitrogens with one attached hydrogen (secondary N) is 1. The molecule has 104 valence electrons. The fourth-order valence-corrected chi connectivity index (χ4v) is 2.81. The maximum atomic E-state index is 8.97. The molecule has 1 N–H and O–H groups in total. The minimum atomic E-state index is 0.202. The Bertz CT molecular complexity index is 646. The van der Waals surface area contributed by atoms with E-state index in [-0.39, 0.29) is 5.41 Å². The van der Waals surface area contributed by atoms with E-state index in [1.807, 2.05) is 12.3 Å². The molecular weight excluding hydrogens is 248 g/mol. The second-order valence-electron chi connectivity index (χ2n) is 5.77. The molecule has 0 bridgehead atoms. The van der Waals surface area contributed by atoms with Crippen LogP contribution >= 0.6 is 0 Å². The van der Waals surface area contributed by atoms with Crippen LogP contribution in [0.15, 0.2) is 24.5 Å². The van der Waals surface area contributed by atoms with Crippen LogP contribution in [0, 0.1) is 16.7 Å². The van der Waals surface area contributed by atoms with Crippen molar-refractivity contribution in [1.82, 2.24) is 14.9 Å². The first-order valence-corrected chi connectivity index (χ1v) is 7.28. The van der Waals surface area contributed by atoms with E-state index in [0.29, 0.717) is 6.42 Å². The van der Waals surface area contributed by atoms with Crippen molar-refractivity contribution in [3.63, 3.8) is 0 Å². The van der Waals surface area contributed by atoms with Crippen LogP contribution in [0.25, 0.3) is 11.0 Å². The van der Waals surface area contributed by atoms with Crippen LogP contribution in [-0.2, 0) is 13.1 Å². The van der Waals surface area contributed by atoms with Crippen LogP contribution in [0.5, 0.6) is 0 Å². The normalized spacial score (nSPS) is 16.2. The summed E-state index contributed by atoms with van der Waals surface area (Å²) < 4.78 is 2.24. The van der Waals surface area contributed by atoms with Gasteiger partial charge >= 0.3 is 0 Å².